The van der Waals surface area contributed by atoms with Gasteiger partial charge in [0.25, 0.3) is 6.43 Å². The summed E-state index contributed by atoms with van der Waals surface area (Å²) in [6, 6.07) is 2.96. The van der Waals surface area contributed by atoms with E-state index in [1.807, 2.05) is 0 Å². The maximum atomic E-state index is 13.3. The molecular weight excluding hydrogens is 263 g/mol. The van der Waals surface area contributed by atoms with Crippen LogP contribution in [0.15, 0.2) is 22.6 Å². The molecule has 2 nitrogen and oxygen atoms in total. The Labute approximate surface area is 107 Å². The zero-order valence-electron chi connectivity index (χ0n) is 10.3. The van der Waals surface area contributed by atoms with Gasteiger partial charge in [0.05, 0.1) is 6.21 Å². The molecule has 6 heteroatoms. The Bertz CT molecular complexity index is 443. The molecule has 1 atom stereocenters. The fraction of sp³-hybridized carbons (Fsp3) is 0.417. The molecule has 0 fully saturated rings. The minimum atomic E-state index is -2.68. The lowest BCUT2D eigenvalue weighted by Gasteiger charge is -2.17. The second kappa shape index (κ2) is 5.75. The zero-order chi connectivity index (χ0) is 13.9. The first kappa shape index (κ1) is 15.0. The topological polar surface area (TPSA) is 35.4 Å². The van der Waals surface area contributed by atoms with Gasteiger partial charge in [0.2, 0.25) is 0 Å². The van der Waals surface area contributed by atoms with Crippen molar-refractivity contribution in [2.45, 2.75) is 31.9 Å². The van der Waals surface area contributed by atoms with Gasteiger partial charge in [-0.05, 0) is 32.9 Å². The van der Waals surface area contributed by atoms with Crippen molar-refractivity contribution in [1.29, 1.82) is 0 Å². The summed E-state index contributed by atoms with van der Waals surface area (Å²) in [4.78, 5) is 0. The Balaban J connectivity index is 2.97. The van der Waals surface area contributed by atoms with Crippen molar-refractivity contribution >= 4 is 17.6 Å². The van der Waals surface area contributed by atoms with E-state index in [9.17, 15) is 17.7 Å². The van der Waals surface area contributed by atoms with E-state index in [-0.39, 0.29) is 11.1 Å². The monoisotopic (exact) mass is 277 g/mol. The smallest absolute Gasteiger partial charge is 0.263 e. The molecule has 0 saturated carbocycles. The van der Waals surface area contributed by atoms with E-state index in [4.69, 9.17) is 0 Å². The van der Waals surface area contributed by atoms with Crippen LogP contribution in [-0.2, 0) is 11.4 Å². The fourth-order valence-corrected chi connectivity index (χ4v) is 1.59. The normalized spacial score (nSPS) is 14.4. The van der Waals surface area contributed by atoms with Crippen LogP contribution in [0.3, 0.4) is 0 Å². The van der Waals surface area contributed by atoms with Gasteiger partial charge in [-0.1, -0.05) is 10.5 Å². The number of rotatable bonds is 3. The van der Waals surface area contributed by atoms with Crippen LogP contribution in [0.2, 0.25) is 0 Å². The van der Waals surface area contributed by atoms with Crippen LogP contribution in [0.4, 0.5) is 13.2 Å². The highest BCUT2D eigenvalue weighted by atomic mass is 32.2. The average molecular weight is 277 g/mol. The molecule has 0 aromatic heterocycles. The summed E-state index contributed by atoms with van der Waals surface area (Å²) < 4.78 is 52.9. The summed E-state index contributed by atoms with van der Waals surface area (Å²) in [5.74, 6) is -0.672. The quantitative estimate of drug-likeness (QED) is 0.613. The van der Waals surface area contributed by atoms with E-state index in [2.05, 4.69) is 4.40 Å². The van der Waals surface area contributed by atoms with E-state index in [1.54, 1.807) is 20.8 Å². The van der Waals surface area contributed by atoms with Crippen LogP contribution >= 0.6 is 0 Å². The van der Waals surface area contributed by atoms with E-state index in [1.165, 1.54) is 0 Å². The maximum Gasteiger partial charge on any atom is 0.263 e. The minimum Gasteiger partial charge on any atom is -0.591 e. The Hall–Kier alpha value is -1.01. The number of hydrogen-bond acceptors (Lipinski definition) is 2. The molecule has 0 amide bonds. The first-order valence-corrected chi connectivity index (χ1v) is 6.36. The van der Waals surface area contributed by atoms with E-state index in [0.29, 0.717) is 0 Å². The molecule has 0 aliphatic carbocycles. The lowest BCUT2D eigenvalue weighted by Crippen LogP contribution is -2.25. The Morgan fingerprint density at radius 3 is 2.44 bits per heavy atom. The lowest BCUT2D eigenvalue weighted by atomic mass is 10.1. The third-order valence-electron chi connectivity index (χ3n) is 2.08. The van der Waals surface area contributed by atoms with Crippen molar-refractivity contribution in [3.8, 4) is 0 Å². The Morgan fingerprint density at radius 2 is 1.94 bits per heavy atom. The first-order valence-electron chi connectivity index (χ1n) is 5.25. The van der Waals surface area contributed by atoms with Gasteiger partial charge < -0.3 is 4.55 Å². The second-order valence-corrected chi connectivity index (χ2v) is 6.61. The van der Waals surface area contributed by atoms with Gasteiger partial charge in [-0.3, -0.25) is 0 Å². The molecule has 1 rings (SSSR count). The summed E-state index contributed by atoms with van der Waals surface area (Å²) in [6.45, 7) is 5.14. The predicted molar refractivity (Wildman–Crippen MR) is 66.8 cm³/mol. The number of nitrogens with zero attached hydrogens (tertiary/aromatic N) is 1. The standard InChI is InChI=1S/C12H14F3NOS/c1-12(2,3)18(17)16-7-9-6-8(11(14)15)4-5-10(9)13/h4-7,11H,1-3H3/b16-7+. The van der Waals surface area contributed by atoms with Gasteiger partial charge in [-0.2, -0.15) is 0 Å². The molecule has 1 unspecified atom stereocenters. The Kier molecular flexibility index (Phi) is 4.81. The van der Waals surface area contributed by atoms with Gasteiger partial charge in [-0.15, -0.1) is 0 Å². The summed E-state index contributed by atoms with van der Waals surface area (Å²) in [5.41, 5.74) is -0.384. The van der Waals surface area contributed by atoms with Crippen molar-refractivity contribution in [3.63, 3.8) is 0 Å². The third kappa shape index (κ3) is 4.03. The molecule has 18 heavy (non-hydrogen) atoms. The van der Waals surface area contributed by atoms with Crippen molar-refractivity contribution < 1.29 is 17.7 Å². The molecule has 0 saturated heterocycles. The maximum absolute atomic E-state index is 13.3. The molecule has 1 aromatic rings. The van der Waals surface area contributed by atoms with Crippen LogP contribution in [0.1, 0.15) is 38.3 Å². The van der Waals surface area contributed by atoms with Gasteiger partial charge in [0.15, 0.2) is 0 Å². The van der Waals surface area contributed by atoms with Gasteiger partial charge in [0.1, 0.15) is 21.9 Å². The summed E-state index contributed by atoms with van der Waals surface area (Å²) in [7, 11) is 0. The SMILES string of the molecule is CC(C)(C)[S+]([O-])/N=C/c1cc(C(F)F)ccc1F. The largest absolute Gasteiger partial charge is 0.591 e. The van der Waals surface area contributed by atoms with Crippen molar-refractivity contribution in [2.75, 3.05) is 0 Å². The molecule has 100 valence electrons. The van der Waals surface area contributed by atoms with Crippen LogP contribution in [-0.4, -0.2) is 15.5 Å². The van der Waals surface area contributed by atoms with Crippen LogP contribution in [0, 0.1) is 5.82 Å². The molecule has 0 radical (unpaired) electrons. The molecule has 0 spiro atoms. The Morgan fingerprint density at radius 1 is 1.33 bits per heavy atom. The van der Waals surface area contributed by atoms with Crippen molar-refractivity contribution in [1.82, 2.24) is 0 Å². The molecule has 0 aliphatic rings. The third-order valence-corrected chi connectivity index (χ3v) is 3.43. The number of hydrogen-bond donors (Lipinski definition) is 0. The minimum absolute atomic E-state index is 0.0922. The van der Waals surface area contributed by atoms with Gasteiger partial charge in [-0.25, -0.2) is 13.2 Å². The molecule has 0 N–H and O–H groups in total. The molecule has 0 heterocycles. The van der Waals surface area contributed by atoms with E-state index >= 15 is 0 Å². The average Bonchev–Trinajstić information content (AvgIpc) is 2.25. The first-order chi connectivity index (χ1) is 8.21. The molecule has 1 aromatic carbocycles. The summed E-state index contributed by atoms with van der Waals surface area (Å²) in [5, 5.41) is 0. The van der Waals surface area contributed by atoms with E-state index in [0.717, 1.165) is 24.4 Å². The number of benzene rings is 1. The predicted octanol–water partition coefficient (Wildman–Crippen LogP) is 3.64. The highest BCUT2D eigenvalue weighted by Crippen LogP contribution is 2.21. The molecule has 0 aliphatic heterocycles. The van der Waals surface area contributed by atoms with Crippen molar-refractivity contribution in [2.24, 2.45) is 4.40 Å². The fourth-order valence-electron chi connectivity index (χ4n) is 1.06. The molecular formula is C12H14F3NOS. The number of alkyl halides is 2. The summed E-state index contributed by atoms with van der Waals surface area (Å²) >= 11 is -1.55. The van der Waals surface area contributed by atoms with Crippen molar-refractivity contribution in [3.05, 3.63) is 35.1 Å². The zero-order valence-corrected chi connectivity index (χ0v) is 11.1. The molecule has 0 bridgehead atoms. The van der Waals surface area contributed by atoms with Crippen LogP contribution in [0.25, 0.3) is 0 Å². The second-order valence-electron chi connectivity index (χ2n) is 4.68. The van der Waals surface area contributed by atoms with Gasteiger partial charge >= 0.3 is 0 Å². The van der Waals surface area contributed by atoms with Crippen LogP contribution in [0.5, 0.6) is 0 Å². The highest BCUT2D eigenvalue weighted by Gasteiger charge is 2.26. The number of halogens is 3. The van der Waals surface area contributed by atoms with Crippen LogP contribution < -0.4 is 0 Å². The summed E-state index contributed by atoms with van der Waals surface area (Å²) in [6.07, 6.45) is -1.64. The van der Waals surface area contributed by atoms with Gasteiger partial charge in [0, 0.05) is 11.1 Å². The highest BCUT2D eigenvalue weighted by molar-refractivity contribution is 7.91. The lowest BCUT2D eigenvalue weighted by molar-refractivity contribution is 0.151. The van der Waals surface area contributed by atoms with E-state index < -0.39 is 28.4 Å².